The van der Waals surface area contributed by atoms with Gasteiger partial charge in [0.05, 0.1) is 25.4 Å². The Labute approximate surface area is 193 Å². The molecular formula is C27H26O6. The van der Waals surface area contributed by atoms with E-state index in [0.717, 1.165) is 11.1 Å². The molecule has 0 N–H and O–H groups in total. The molecule has 2 saturated heterocycles. The third-order valence-electron chi connectivity index (χ3n) is 5.85. The summed E-state index contributed by atoms with van der Waals surface area (Å²) >= 11 is 0. The van der Waals surface area contributed by atoms with E-state index in [4.69, 9.17) is 23.7 Å². The maximum atomic E-state index is 12.8. The van der Waals surface area contributed by atoms with Gasteiger partial charge in [0.15, 0.2) is 12.4 Å². The minimum Gasteiger partial charge on any atom is -0.453 e. The van der Waals surface area contributed by atoms with Gasteiger partial charge in [-0.2, -0.15) is 0 Å². The zero-order valence-electron chi connectivity index (χ0n) is 18.1. The van der Waals surface area contributed by atoms with Crippen molar-refractivity contribution in [2.45, 2.75) is 37.3 Å². The van der Waals surface area contributed by atoms with Gasteiger partial charge in [-0.05, 0) is 17.7 Å². The minimum absolute atomic E-state index is 0.210. The van der Waals surface area contributed by atoms with Gasteiger partial charge in [0.2, 0.25) is 0 Å². The molecule has 6 nitrogen and oxygen atoms in total. The largest absolute Gasteiger partial charge is 0.453 e. The molecule has 0 spiro atoms. The second kappa shape index (κ2) is 10.3. The first-order chi connectivity index (χ1) is 16.3. The van der Waals surface area contributed by atoms with E-state index in [1.165, 1.54) is 0 Å². The number of rotatable bonds is 6. The number of benzene rings is 3. The molecule has 170 valence electrons. The maximum absolute atomic E-state index is 12.8. The summed E-state index contributed by atoms with van der Waals surface area (Å²) in [7, 11) is 0. The van der Waals surface area contributed by atoms with Gasteiger partial charge in [-0.1, -0.05) is 78.9 Å². The van der Waals surface area contributed by atoms with Gasteiger partial charge in [0.25, 0.3) is 0 Å². The highest BCUT2D eigenvalue weighted by Crippen LogP contribution is 2.34. The Morgan fingerprint density at radius 2 is 1.48 bits per heavy atom. The predicted octanol–water partition coefficient (Wildman–Crippen LogP) is 4.31. The second-order valence-corrected chi connectivity index (χ2v) is 8.12. The standard InChI is InChI=1S/C27H26O6/c28-26(20-12-6-2-7-13-20)32-23-18-29-22-17-31-27(21-14-8-3-9-15-21)33-25(22)24(23)30-16-19-10-4-1-5-11-19/h1-15,22-25,27H,16-18H2/t22-,23+,24-,25-,27?/m1/s1. The van der Waals surface area contributed by atoms with E-state index in [1.807, 2.05) is 66.7 Å². The number of fused-ring (bicyclic) bond motifs is 1. The number of hydrogen-bond donors (Lipinski definition) is 0. The fourth-order valence-corrected chi connectivity index (χ4v) is 4.14. The Morgan fingerprint density at radius 1 is 0.818 bits per heavy atom. The highest BCUT2D eigenvalue weighted by molar-refractivity contribution is 5.89. The molecule has 5 atom stereocenters. The molecule has 2 fully saturated rings. The fraction of sp³-hybridized carbons (Fsp3) is 0.296. The Bertz CT molecular complexity index is 1030. The third-order valence-corrected chi connectivity index (χ3v) is 5.85. The summed E-state index contributed by atoms with van der Waals surface area (Å²) in [6.45, 7) is 0.949. The molecule has 5 rings (SSSR count). The average Bonchev–Trinajstić information content (AvgIpc) is 2.89. The molecule has 6 heteroatoms. The van der Waals surface area contributed by atoms with Crippen LogP contribution in [0.5, 0.6) is 0 Å². The molecule has 2 aliphatic heterocycles. The third kappa shape index (κ3) is 5.15. The van der Waals surface area contributed by atoms with Crippen molar-refractivity contribution in [2.24, 2.45) is 0 Å². The molecule has 0 saturated carbocycles. The van der Waals surface area contributed by atoms with Crippen molar-refractivity contribution in [1.29, 1.82) is 0 Å². The molecule has 0 aromatic heterocycles. The predicted molar refractivity (Wildman–Crippen MR) is 120 cm³/mol. The average molecular weight is 446 g/mol. The number of esters is 1. The van der Waals surface area contributed by atoms with Crippen LogP contribution < -0.4 is 0 Å². The van der Waals surface area contributed by atoms with Gasteiger partial charge in [0.1, 0.15) is 18.3 Å². The lowest BCUT2D eigenvalue weighted by molar-refractivity contribution is -0.320. The molecular weight excluding hydrogens is 420 g/mol. The molecule has 3 aromatic rings. The molecule has 3 aromatic carbocycles. The minimum atomic E-state index is -0.614. The van der Waals surface area contributed by atoms with Crippen LogP contribution in [0, 0.1) is 0 Å². The molecule has 0 bridgehead atoms. The van der Waals surface area contributed by atoms with Crippen LogP contribution in [0.15, 0.2) is 91.0 Å². The van der Waals surface area contributed by atoms with Crippen molar-refractivity contribution in [1.82, 2.24) is 0 Å². The number of carbonyl (C=O) groups is 1. The van der Waals surface area contributed by atoms with Gasteiger partial charge in [-0.25, -0.2) is 4.79 Å². The molecule has 2 aliphatic rings. The molecule has 0 aliphatic carbocycles. The topological polar surface area (TPSA) is 63.2 Å². The lowest BCUT2D eigenvalue weighted by Gasteiger charge is -2.45. The van der Waals surface area contributed by atoms with E-state index in [2.05, 4.69) is 0 Å². The van der Waals surface area contributed by atoms with Crippen molar-refractivity contribution < 1.29 is 28.5 Å². The lowest BCUT2D eigenvalue weighted by atomic mass is 9.98. The van der Waals surface area contributed by atoms with Crippen molar-refractivity contribution in [2.75, 3.05) is 13.2 Å². The van der Waals surface area contributed by atoms with Crippen LogP contribution in [0.25, 0.3) is 0 Å². The van der Waals surface area contributed by atoms with Crippen molar-refractivity contribution in [3.63, 3.8) is 0 Å². The first-order valence-electron chi connectivity index (χ1n) is 11.1. The normalized spacial score (nSPS) is 26.8. The summed E-state index contributed by atoms with van der Waals surface area (Å²) in [6.07, 6.45) is -2.42. The van der Waals surface area contributed by atoms with Crippen LogP contribution in [0.3, 0.4) is 0 Å². The van der Waals surface area contributed by atoms with Gasteiger partial charge >= 0.3 is 5.97 Å². The van der Waals surface area contributed by atoms with E-state index < -0.39 is 30.6 Å². The van der Waals surface area contributed by atoms with E-state index in [0.29, 0.717) is 18.8 Å². The number of hydrogen-bond acceptors (Lipinski definition) is 6. The summed E-state index contributed by atoms with van der Waals surface area (Å²) in [6, 6.07) is 28.6. The summed E-state index contributed by atoms with van der Waals surface area (Å²) in [5.74, 6) is -0.414. The van der Waals surface area contributed by atoms with Crippen LogP contribution in [-0.4, -0.2) is 43.6 Å². The molecule has 0 amide bonds. The Kier molecular flexibility index (Phi) is 6.79. The molecule has 2 heterocycles. The van der Waals surface area contributed by atoms with Crippen LogP contribution in [-0.2, 0) is 30.3 Å². The van der Waals surface area contributed by atoms with Crippen LogP contribution in [0.1, 0.15) is 27.8 Å². The zero-order valence-corrected chi connectivity index (χ0v) is 18.1. The van der Waals surface area contributed by atoms with E-state index in [9.17, 15) is 4.79 Å². The summed E-state index contributed by atoms with van der Waals surface area (Å²) < 4.78 is 30.4. The number of ether oxygens (including phenoxy) is 5. The quantitative estimate of drug-likeness (QED) is 0.526. The van der Waals surface area contributed by atoms with E-state index >= 15 is 0 Å². The molecule has 1 unspecified atom stereocenters. The Hall–Kier alpha value is -3.03. The monoisotopic (exact) mass is 446 g/mol. The lowest BCUT2D eigenvalue weighted by Crippen LogP contribution is -2.60. The molecule has 0 radical (unpaired) electrons. The smallest absolute Gasteiger partial charge is 0.338 e. The first kappa shape index (κ1) is 21.8. The highest BCUT2D eigenvalue weighted by atomic mass is 16.7. The van der Waals surface area contributed by atoms with Gasteiger partial charge < -0.3 is 23.7 Å². The zero-order chi connectivity index (χ0) is 22.5. The Balaban J connectivity index is 1.36. The fourth-order valence-electron chi connectivity index (χ4n) is 4.14. The Morgan fingerprint density at radius 3 is 2.21 bits per heavy atom. The van der Waals surface area contributed by atoms with Crippen molar-refractivity contribution >= 4 is 5.97 Å². The summed E-state index contributed by atoms with van der Waals surface area (Å²) in [5, 5.41) is 0. The maximum Gasteiger partial charge on any atom is 0.338 e. The van der Waals surface area contributed by atoms with Crippen LogP contribution in [0.2, 0.25) is 0 Å². The van der Waals surface area contributed by atoms with Gasteiger partial charge in [-0.15, -0.1) is 0 Å². The van der Waals surface area contributed by atoms with E-state index in [-0.39, 0.29) is 12.7 Å². The second-order valence-electron chi connectivity index (χ2n) is 8.12. The SMILES string of the molecule is O=C(O[C@H]1CO[C@@H]2COC(c3ccccc3)O[C@H]2[C@@H]1OCc1ccccc1)c1ccccc1. The van der Waals surface area contributed by atoms with Crippen molar-refractivity contribution in [3.8, 4) is 0 Å². The van der Waals surface area contributed by atoms with Gasteiger partial charge in [0, 0.05) is 5.56 Å². The van der Waals surface area contributed by atoms with Gasteiger partial charge in [-0.3, -0.25) is 0 Å². The van der Waals surface area contributed by atoms with Crippen molar-refractivity contribution in [3.05, 3.63) is 108 Å². The molecule has 33 heavy (non-hydrogen) atoms. The van der Waals surface area contributed by atoms with Crippen LogP contribution in [0.4, 0.5) is 0 Å². The highest BCUT2D eigenvalue weighted by Gasteiger charge is 2.48. The van der Waals surface area contributed by atoms with Crippen LogP contribution >= 0.6 is 0 Å². The number of carbonyl (C=O) groups excluding carboxylic acids is 1. The van der Waals surface area contributed by atoms with E-state index in [1.54, 1.807) is 24.3 Å². The first-order valence-corrected chi connectivity index (χ1v) is 11.1. The summed E-state index contributed by atoms with van der Waals surface area (Å²) in [5.41, 5.74) is 2.43. The summed E-state index contributed by atoms with van der Waals surface area (Å²) in [4.78, 5) is 12.8.